The minimum atomic E-state index is -3.07. The van der Waals surface area contributed by atoms with Crippen molar-refractivity contribution >= 4 is 29.0 Å². The van der Waals surface area contributed by atoms with E-state index in [4.69, 9.17) is 5.73 Å². The number of carbonyl (C=O) groups excluding carboxylic acids is 5. The summed E-state index contributed by atoms with van der Waals surface area (Å²) in [5.74, 6) is -15.7. The monoisotopic (exact) mass is 462 g/mol. The number of benzene rings is 1. The first-order chi connectivity index (χ1) is 15.3. The summed E-state index contributed by atoms with van der Waals surface area (Å²) in [6.45, 7) is 1.44. The quantitative estimate of drug-likeness (QED) is 0.383. The molecule has 33 heavy (non-hydrogen) atoms. The van der Waals surface area contributed by atoms with E-state index in [-0.39, 0.29) is 5.56 Å². The summed E-state index contributed by atoms with van der Waals surface area (Å²) >= 11 is 0. The molecule has 11 heteroatoms. The lowest BCUT2D eigenvalue weighted by Crippen LogP contribution is -2.77. The third kappa shape index (κ3) is 2.73. The summed E-state index contributed by atoms with van der Waals surface area (Å²) in [5, 5.41) is 33.0. The molecule has 1 amide bonds. The number of ketones is 4. The Kier molecular flexibility index (Phi) is 5.08. The zero-order chi connectivity index (χ0) is 24.7. The molecule has 2 saturated carbocycles. The van der Waals surface area contributed by atoms with E-state index in [0.717, 1.165) is 12.1 Å². The van der Waals surface area contributed by atoms with Crippen molar-refractivity contribution in [3.05, 3.63) is 29.1 Å². The third-order valence-electron chi connectivity index (χ3n) is 7.41. The van der Waals surface area contributed by atoms with Gasteiger partial charge in [0.2, 0.25) is 5.91 Å². The molecule has 5 N–H and O–H groups in total. The van der Waals surface area contributed by atoms with Crippen LogP contribution in [0.4, 0.5) is 4.39 Å². The van der Waals surface area contributed by atoms with Crippen molar-refractivity contribution in [1.29, 1.82) is 0 Å². The Morgan fingerprint density at radius 1 is 1.15 bits per heavy atom. The zero-order valence-electron chi connectivity index (χ0n) is 18.0. The number of hydrogen-bond donors (Lipinski definition) is 4. The van der Waals surface area contributed by atoms with Gasteiger partial charge < -0.3 is 21.1 Å². The van der Waals surface area contributed by atoms with Crippen molar-refractivity contribution in [2.75, 3.05) is 14.1 Å². The summed E-state index contributed by atoms with van der Waals surface area (Å²) in [7, 11) is 2.78. The van der Waals surface area contributed by atoms with Gasteiger partial charge in [0.05, 0.1) is 29.5 Å². The lowest BCUT2D eigenvalue weighted by atomic mass is 9.49. The smallest absolute Gasteiger partial charge is 0.235 e. The molecule has 2 fully saturated rings. The number of fused-ring (bicyclic) bond motifs is 3. The Morgan fingerprint density at radius 2 is 1.76 bits per heavy atom. The van der Waals surface area contributed by atoms with Gasteiger partial charge in [0, 0.05) is 11.5 Å². The van der Waals surface area contributed by atoms with Gasteiger partial charge in [-0.05, 0) is 32.1 Å². The Hall–Kier alpha value is -3.02. The Bertz CT molecular complexity index is 1130. The molecule has 0 spiro atoms. The Balaban J connectivity index is 1.98. The number of rotatable bonds is 2. The molecule has 0 saturated heterocycles. The topological polar surface area (TPSA) is 175 Å². The SMILES string of the molecule is CC1c2c(F)ccc(O)c2C(=O)C2C(=O)C3(O)C(=O)C(C(N)=O)C(=O)C(N(C)C)C3C(O)C21. The normalized spacial score (nSPS) is 38.1. The fourth-order valence-corrected chi connectivity index (χ4v) is 6.02. The lowest BCUT2D eigenvalue weighted by Gasteiger charge is -2.55. The fourth-order valence-electron chi connectivity index (χ4n) is 6.02. The van der Waals surface area contributed by atoms with Crippen LogP contribution in [0.15, 0.2) is 12.1 Å². The van der Waals surface area contributed by atoms with Gasteiger partial charge in [0.15, 0.2) is 34.7 Å². The average Bonchev–Trinajstić information content (AvgIpc) is 2.72. The van der Waals surface area contributed by atoms with Crippen LogP contribution in [-0.2, 0) is 19.2 Å². The van der Waals surface area contributed by atoms with E-state index in [2.05, 4.69) is 0 Å². The standard InChI is InChI=1S/C22H23FN2O8/c1-6-9-7(23)4-5-8(26)11(9)16(27)12-10(6)17(28)14-15(25(2)3)18(29)13(21(24)32)20(31)22(14,33)19(12)30/h4-6,10,12-15,17,26,28,33H,1-3H3,(H2,24,32). The maximum atomic E-state index is 14.7. The maximum absolute atomic E-state index is 14.7. The molecule has 0 aromatic heterocycles. The van der Waals surface area contributed by atoms with Gasteiger partial charge in [0.25, 0.3) is 0 Å². The van der Waals surface area contributed by atoms with Crippen LogP contribution in [0.2, 0.25) is 0 Å². The van der Waals surface area contributed by atoms with Crippen molar-refractivity contribution in [2.45, 2.75) is 30.6 Å². The number of aromatic hydroxyl groups is 1. The van der Waals surface area contributed by atoms with Gasteiger partial charge in [-0.2, -0.15) is 0 Å². The largest absolute Gasteiger partial charge is 0.507 e. The molecule has 3 aliphatic carbocycles. The highest BCUT2D eigenvalue weighted by molar-refractivity contribution is 6.32. The highest BCUT2D eigenvalue weighted by atomic mass is 19.1. The number of carbonyl (C=O) groups is 5. The molecule has 3 aliphatic rings. The highest BCUT2D eigenvalue weighted by Crippen LogP contribution is 2.54. The van der Waals surface area contributed by atoms with Crippen molar-refractivity contribution < 1.29 is 43.7 Å². The van der Waals surface area contributed by atoms with Crippen LogP contribution in [0.25, 0.3) is 0 Å². The van der Waals surface area contributed by atoms with Crippen LogP contribution in [0.3, 0.4) is 0 Å². The molecule has 0 radical (unpaired) electrons. The van der Waals surface area contributed by atoms with Crippen LogP contribution in [0.5, 0.6) is 5.75 Å². The summed E-state index contributed by atoms with van der Waals surface area (Å²) in [5.41, 5.74) is 1.48. The van der Waals surface area contributed by atoms with Gasteiger partial charge in [-0.3, -0.25) is 28.9 Å². The number of phenols is 1. The molecule has 8 atom stereocenters. The number of aliphatic hydroxyl groups excluding tert-OH is 1. The molecule has 176 valence electrons. The van der Waals surface area contributed by atoms with E-state index in [1.54, 1.807) is 0 Å². The van der Waals surface area contributed by atoms with Gasteiger partial charge in [-0.15, -0.1) is 0 Å². The number of likely N-dealkylation sites (N-methyl/N-ethyl adjacent to an activating group) is 1. The van der Waals surface area contributed by atoms with Crippen molar-refractivity contribution in [1.82, 2.24) is 4.90 Å². The molecule has 10 nitrogen and oxygen atoms in total. The fraction of sp³-hybridized carbons (Fsp3) is 0.500. The number of halogens is 1. The van der Waals surface area contributed by atoms with E-state index in [0.29, 0.717) is 0 Å². The van der Waals surface area contributed by atoms with Crippen LogP contribution >= 0.6 is 0 Å². The molecule has 0 heterocycles. The molecule has 4 rings (SSSR count). The van der Waals surface area contributed by atoms with Gasteiger partial charge >= 0.3 is 0 Å². The summed E-state index contributed by atoms with van der Waals surface area (Å²) in [6, 6.07) is 0.415. The minimum absolute atomic E-state index is 0.205. The van der Waals surface area contributed by atoms with E-state index < -0.39 is 93.5 Å². The number of amides is 1. The molecule has 0 aliphatic heterocycles. The van der Waals surface area contributed by atoms with Gasteiger partial charge in [-0.1, -0.05) is 6.92 Å². The second kappa shape index (κ2) is 7.24. The van der Waals surface area contributed by atoms with E-state index in [1.807, 2.05) is 0 Å². The molecule has 1 aromatic carbocycles. The summed E-state index contributed by atoms with van der Waals surface area (Å²) in [6.07, 6.45) is -1.79. The number of hydrogen-bond acceptors (Lipinski definition) is 9. The van der Waals surface area contributed by atoms with Crippen LogP contribution < -0.4 is 5.73 Å². The van der Waals surface area contributed by atoms with Crippen molar-refractivity contribution in [3.8, 4) is 5.75 Å². The summed E-state index contributed by atoms with van der Waals surface area (Å²) < 4.78 is 14.7. The highest BCUT2D eigenvalue weighted by Gasteiger charge is 2.73. The van der Waals surface area contributed by atoms with Crippen molar-refractivity contribution in [2.24, 2.45) is 29.4 Å². The first kappa shape index (κ1) is 23.1. The molecule has 0 bridgehead atoms. The first-order valence-electron chi connectivity index (χ1n) is 10.3. The minimum Gasteiger partial charge on any atom is -0.507 e. The lowest BCUT2D eigenvalue weighted by molar-refractivity contribution is -0.196. The second-order valence-electron chi connectivity index (χ2n) is 9.22. The third-order valence-corrected chi connectivity index (χ3v) is 7.41. The Labute approximate surface area is 187 Å². The van der Waals surface area contributed by atoms with Gasteiger partial charge in [-0.25, -0.2) is 4.39 Å². The predicted molar refractivity (Wildman–Crippen MR) is 107 cm³/mol. The number of phenolic OH excluding ortho intramolecular Hbond substituents is 1. The maximum Gasteiger partial charge on any atom is 0.235 e. The number of nitrogens with two attached hydrogens (primary N) is 1. The van der Waals surface area contributed by atoms with E-state index in [9.17, 15) is 43.7 Å². The predicted octanol–water partition coefficient (Wildman–Crippen LogP) is -1.46. The van der Waals surface area contributed by atoms with Crippen LogP contribution in [-0.4, -0.2) is 81.1 Å². The molecule has 1 aromatic rings. The summed E-state index contributed by atoms with van der Waals surface area (Å²) in [4.78, 5) is 66.2. The number of primary amides is 1. The van der Waals surface area contributed by atoms with Gasteiger partial charge in [0.1, 0.15) is 11.6 Å². The average molecular weight is 462 g/mol. The number of aliphatic hydroxyl groups is 2. The second-order valence-corrected chi connectivity index (χ2v) is 9.22. The van der Waals surface area contributed by atoms with Crippen LogP contribution in [0, 0.1) is 29.5 Å². The first-order valence-corrected chi connectivity index (χ1v) is 10.3. The number of Topliss-reactive ketones (excluding diaryl/α,β-unsaturated/α-hetero) is 4. The number of nitrogens with zero attached hydrogens (tertiary/aromatic N) is 1. The molecular formula is C22H23FN2O8. The van der Waals surface area contributed by atoms with E-state index >= 15 is 0 Å². The zero-order valence-corrected chi connectivity index (χ0v) is 18.0. The molecular weight excluding hydrogens is 439 g/mol. The van der Waals surface area contributed by atoms with E-state index in [1.165, 1.54) is 25.9 Å². The van der Waals surface area contributed by atoms with Crippen molar-refractivity contribution in [3.63, 3.8) is 0 Å². The molecule has 8 unspecified atom stereocenters. The Morgan fingerprint density at radius 3 is 2.30 bits per heavy atom. The van der Waals surface area contributed by atoms with Crippen LogP contribution in [0.1, 0.15) is 28.8 Å².